The highest BCUT2D eigenvalue weighted by molar-refractivity contribution is 5.80. The van der Waals surface area contributed by atoms with E-state index in [1.165, 1.54) is 6.92 Å². The van der Waals surface area contributed by atoms with E-state index in [0.29, 0.717) is 0 Å². The zero-order chi connectivity index (χ0) is 12.0. The minimum atomic E-state index is -3.17. The van der Waals surface area contributed by atoms with Gasteiger partial charge in [0.1, 0.15) is 0 Å². The van der Waals surface area contributed by atoms with E-state index in [-0.39, 0.29) is 6.54 Å². The van der Waals surface area contributed by atoms with Gasteiger partial charge in [-0.25, -0.2) is 0 Å². The highest BCUT2D eigenvalue weighted by atomic mass is 19.3. The molecule has 0 aliphatic heterocycles. The van der Waals surface area contributed by atoms with Crippen LogP contribution >= 0.6 is 0 Å². The van der Waals surface area contributed by atoms with Crippen molar-refractivity contribution < 1.29 is 27.2 Å². The molecule has 8 heteroatoms. The fourth-order valence-electron chi connectivity index (χ4n) is 0.688. The van der Waals surface area contributed by atoms with Gasteiger partial charge >= 0.3 is 12.9 Å². The van der Waals surface area contributed by atoms with Crippen LogP contribution in [0.3, 0.4) is 0 Å². The summed E-state index contributed by atoms with van der Waals surface area (Å²) in [6.07, 6.45) is -6.33. The number of halogens is 4. The van der Waals surface area contributed by atoms with Crippen LogP contribution in [0.5, 0.6) is 0 Å². The summed E-state index contributed by atoms with van der Waals surface area (Å²) in [5, 5.41) is 3.60. The number of nitrogens with one attached hydrogen (secondary N) is 2. The van der Waals surface area contributed by atoms with Crippen LogP contribution in [0.15, 0.2) is 0 Å². The zero-order valence-corrected chi connectivity index (χ0v) is 7.77. The molecule has 0 aliphatic rings. The van der Waals surface area contributed by atoms with Crippen molar-refractivity contribution in [2.75, 3.05) is 6.54 Å². The number of carbonyl (C=O) groups excluding carboxylic acids is 2. The Hall–Kier alpha value is -1.34. The van der Waals surface area contributed by atoms with E-state index in [0.717, 1.165) is 0 Å². The molecule has 1 atom stereocenters. The van der Waals surface area contributed by atoms with Gasteiger partial charge in [-0.1, -0.05) is 0 Å². The number of rotatable bonds is 5. The first-order valence-corrected chi connectivity index (χ1v) is 3.99. The van der Waals surface area contributed by atoms with Crippen LogP contribution in [-0.4, -0.2) is 37.3 Å². The van der Waals surface area contributed by atoms with Crippen LogP contribution in [-0.2, 0) is 9.59 Å². The Balaban J connectivity index is 3.80. The van der Waals surface area contributed by atoms with Gasteiger partial charge in [-0.05, 0) is 6.92 Å². The second-order valence-corrected chi connectivity index (χ2v) is 2.76. The molecule has 0 aliphatic carbocycles. The standard InChI is InChI=1S/C7H10F4N2O2/c1-3(13-7(15)5(10)11)2-12-6(14)4(8)9/h3-5H,2H2,1H3,(H,12,14)(H,13,15)/t3-/m0/s1. The quantitative estimate of drug-likeness (QED) is 0.660. The van der Waals surface area contributed by atoms with Gasteiger partial charge in [0, 0.05) is 12.6 Å². The van der Waals surface area contributed by atoms with Crippen molar-refractivity contribution >= 4 is 11.8 Å². The summed E-state index contributed by atoms with van der Waals surface area (Å²) in [7, 11) is 0. The number of hydrogen-bond acceptors (Lipinski definition) is 2. The molecule has 0 spiro atoms. The molecule has 2 amide bonds. The normalized spacial score (nSPS) is 12.7. The van der Waals surface area contributed by atoms with Crippen LogP contribution in [0.1, 0.15) is 6.92 Å². The minimum absolute atomic E-state index is 0.332. The highest BCUT2D eigenvalue weighted by Crippen LogP contribution is 1.94. The summed E-state index contributed by atoms with van der Waals surface area (Å²) in [5.41, 5.74) is 0. The molecule has 0 radical (unpaired) electrons. The zero-order valence-electron chi connectivity index (χ0n) is 7.77. The predicted octanol–water partition coefficient (Wildman–Crippen LogP) is 0.137. The Morgan fingerprint density at radius 2 is 1.53 bits per heavy atom. The molecule has 0 fully saturated rings. The van der Waals surface area contributed by atoms with E-state index in [4.69, 9.17) is 0 Å². The van der Waals surface area contributed by atoms with Crippen LogP contribution in [0, 0.1) is 0 Å². The van der Waals surface area contributed by atoms with Crippen LogP contribution < -0.4 is 10.6 Å². The van der Waals surface area contributed by atoms with Gasteiger partial charge in [-0.3, -0.25) is 9.59 Å². The highest BCUT2D eigenvalue weighted by Gasteiger charge is 2.19. The molecule has 0 heterocycles. The molecule has 0 saturated carbocycles. The van der Waals surface area contributed by atoms with Gasteiger partial charge in [0.15, 0.2) is 0 Å². The van der Waals surface area contributed by atoms with Crippen molar-refractivity contribution in [2.24, 2.45) is 0 Å². The summed E-state index contributed by atoms with van der Waals surface area (Å²) in [6, 6.07) is -0.839. The Morgan fingerprint density at radius 3 is 1.93 bits per heavy atom. The third kappa shape index (κ3) is 5.87. The van der Waals surface area contributed by atoms with Crippen LogP contribution in [0.4, 0.5) is 17.6 Å². The predicted molar refractivity (Wildman–Crippen MR) is 42.6 cm³/mol. The van der Waals surface area contributed by atoms with Crippen molar-refractivity contribution in [3.63, 3.8) is 0 Å². The van der Waals surface area contributed by atoms with Crippen molar-refractivity contribution in [1.29, 1.82) is 0 Å². The minimum Gasteiger partial charge on any atom is -0.349 e. The van der Waals surface area contributed by atoms with Crippen LogP contribution in [0.2, 0.25) is 0 Å². The third-order valence-corrected chi connectivity index (χ3v) is 1.37. The topological polar surface area (TPSA) is 58.2 Å². The maximum atomic E-state index is 11.7. The molecular formula is C7H10F4N2O2. The smallest absolute Gasteiger partial charge is 0.315 e. The molecule has 0 unspecified atom stereocenters. The lowest BCUT2D eigenvalue weighted by Crippen LogP contribution is -2.45. The van der Waals surface area contributed by atoms with E-state index >= 15 is 0 Å². The lowest BCUT2D eigenvalue weighted by Gasteiger charge is -2.13. The lowest BCUT2D eigenvalue weighted by molar-refractivity contribution is -0.134. The fraction of sp³-hybridized carbons (Fsp3) is 0.714. The van der Waals surface area contributed by atoms with E-state index in [1.54, 1.807) is 5.32 Å². The molecule has 0 aromatic rings. The number of carbonyl (C=O) groups is 2. The van der Waals surface area contributed by atoms with E-state index < -0.39 is 30.7 Å². The number of amides is 2. The van der Waals surface area contributed by atoms with Crippen molar-refractivity contribution in [3.8, 4) is 0 Å². The molecular weight excluding hydrogens is 220 g/mol. The molecule has 4 nitrogen and oxygen atoms in total. The molecule has 15 heavy (non-hydrogen) atoms. The van der Waals surface area contributed by atoms with Gasteiger partial charge in [-0.2, -0.15) is 17.6 Å². The second-order valence-electron chi connectivity index (χ2n) is 2.76. The van der Waals surface area contributed by atoms with Crippen molar-refractivity contribution in [1.82, 2.24) is 10.6 Å². The molecule has 88 valence electrons. The first-order valence-electron chi connectivity index (χ1n) is 3.99. The lowest BCUT2D eigenvalue weighted by atomic mass is 10.3. The Morgan fingerprint density at radius 1 is 1.07 bits per heavy atom. The van der Waals surface area contributed by atoms with E-state index in [1.807, 2.05) is 5.32 Å². The number of alkyl halides is 4. The summed E-state index contributed by atoms with van der Waals surface area (Å²) in [4.78, 5) is 20.8. The fourth-order valence-corrected chi connectivity index (χ4v) is 0.688. The van der Waals surface area contributed by atoms with E-state index in [2.05, 4.69) is 0 Å². The molecule has 0 saturated heterocycles. The average molecular weight is 230 g/mol. The maximum absolute atomic E-state index is 11.7. The molecule has 0 aromatic carbocycles. The van der Waals surface area contributed by atoms with Gasteiger partial charge < -0.3 is 10.6 Å². The molecule has 0 aromatic heterocycles. The monoisotopic (exact) mass is 230 g/mol. The van der Waals surface area contributed by atoms with Gasteiger partial charge in [0.25, 0.3) is 11.8 Å². The first kappa shape index (κ1) is 13.7. The van der Waals surface area contributed by atoms with Crippen molar-refractivity contribution in [2.45, 2.75) is 25.8 Å². The second kappa shape index (κ2) is 6.20. The molecule has 0 rings (SSSR count). The first-order chi connectivity index (χ1) is 6.84. The Bertz CT molecular complexity index is 235. The Kier molecular flexibility index (Phi) is 5.65. The van der Waals surface area contributed by atoms with Crippen molar-refractivity contribution in [3.05, 3.63) is 0 Å². The third-order valence-electron chi connectivity index (χ3n) is 1.37. The van der Waals surface area contributed by atoms with Crippen LogP contribution in [0.25, 0.3) is 0 Å². The summed E-state index contributed by atoms with van der Waals surface area (Å²) < 4.78 is 46.7. The average Bonchev–Trinajstić information content (AvgIpc) is 2.13. The summed E-state index contributed by atoms with van der Waals surface area (Å²) in [5.74, 6) is -3.01. The summed E-state index contributed by atoms with van der Waals surface area (Å²) in [6.45, 7) is 0.966. The van der Waals surface area contributed by atoms with Gasteiger partial charge in [0.05, 0.1) is 0 Å². The maximum Gasteiger partial charge on any atom is 0.315 e. The Labute approximate surface area is 83.0 Å². The molecule has 2 N–H and O–H groups in total. The number of hydrogen-bond donors (Lipinski definition) is 2. The van der Waals surface area contributed by atoms with E-state index in [9.17, 15) is 27.2 Å². The molecule has 0 bridgehead atoms. The van der Waals surface area contributed by atoms with Gasteiger partial charge in [-0.15, -0.1) is 0 Å². The summed E-state index contributed by atoms with van der Waals surface area (Å²) >= 11 is 0. The largest absolute Gasteiger partial charge is 0.349 e. The SMILES string of the molecule is C[C@@H](CNC(=O)C(F)F)NC(=O)C(F)F. The van der Waals surface area contributed by atoms with Gasteiger partial charge in [0.2, 0.25) is 0 Å².